The minimum absolute atomic E-state index is 0.608. The highest BCUT2D eigenvalue weighted by Gasteiger charge is 2.09. The molecule has 0 fully saturated rings. The summed E-state index contributed by atoms with van der Waals surface area (Å²) in [5, 5.41) is 4.71. The molecule has 0 bridgehead atoms. The van der Waals surface area contributed by atoms with Gasteiger partial charge in [0.15, 0.2) is 11.6 Å². The fourth-order valence-electron chi connectivity index (χ4n) is 1.43. The maximum Gasteiger partial charge on any atom is 0.161 e. The Morgan fingerprint density at radius 3 is 2.54 bits per heavy atom. The zero-order valence-electron chi connectivity index (χ0n) is 7.31. The first kappa shape index (κ1) is 8.16. The lowest BCUT2D eigenvalue weighted by molar-refractivity contribution is 0.510. The lowest BCUT2D eigenvalue weighted by atomic mass is 10.2. The maximum atomic E-state index is 12.8. The number of hydrogen-bond acceptors (Lipinski definition) is 1. The standard InChI is InChI=1S/C9H8F2N2/c1-5-6-3-7(10)8(11)4-9(6)13(2)12-5/h3-4H,1-2H3. The van der Waals surface area contributed by atoms with E-state index in [2.05, 4.69) is 5.10 Å². The molecule has 0 saturated heterocycles. The summed E-state index contributed by atoms with van der Waals surface area (Å²) in [5.74, 6) is -1.67. The van der Waals surface area contributed by atoms with Crippen LogP contribution in [0.2, 0.25) is 0 Å². The highest BCUT2D eigenvalue weighted by atomic mass is 19.2. The second-order valence-electron chi connectivity index (χ2n) is 2.99. The quantitative estimate of drug-likeness (QED) is 0.610. The van der Waals surface area contributed by atoms with E-state index in [1.807, 2.05) is 0 Å². The zero-order chi connectivity index (χ0) is 9.59. The Balaban J connectivity index is 2.91. The zero-order valence-corrected chi connectivity index (χ0v) is 7.31. The number of rotatable bonds is 0. The van der Waals surface area contributed by atoms with Crippen molar-refractivity contribution in [1.29, 1.82) is 0 Å². The van der Waals surface area contributed by atoms with Gasteiger partial charge in [-0.15, -0.1) is 0 Å². The third-order valence-corrected chi connectivity index (χ3v) is 2.08. The molecule has 68 valence electrons. The van der Waals surface area contributed by atoms with Crippen molar-refractivity contribution in [3.8, 4) is 0 Å². The predicted octanol–water partition coefficient (Wildman–Crippen LogP) is 2.16. The van der Waals surface area contributed by atoms with E-state index < -0.39 is 11.6 Å². The Kier molecular flexibility index (Phi) is 1.58. The molecule has 13 heavy (non-hydrogen) atoms. The Labute approximate surface area is 73.8 Å². The van der Waals surface area contributed by atoms with Crippen LogP contribution in [0.5, 0.6) is 0 Å². The van der Waals surface area contributed by atoms with E-state index in [0.717, 1.165) is 6.07 Å². The highest BCUT2D eigenvalue weighted by Crippen LogP contribution is 2.20. The van der Waals surface area contributed by atoms with E-state index in [9.17, 15) is 8.78 Å². The van der Waals surface area contributed by atoms with E-state index in [-0.39, 0.29) is 0 Å². The molecule has 0 aliphatic heterocycles. The van der Waals surface area contributed by atoms with Gasteiger partial charge in [-0.1, -0.05) is 0 Å². The van der Waals surface area contributed by atoms with Gasteiger partial charge in [0, 0.05) is 18.5 Å². The number of benzene rings is 1. The normalized spacial score (nSPS) is 11.1. The van der Waals surface area contributed by atoms with Crippen molar-refractivity contribution in [2.24, 2.45) is 7.05 Å². The van der Waals surface area contributed by atoms with Crippen molar-refractivity contribution in [1.82, 2.24) is 9.78 Å². The van der Waals surface area contributed by atoms with E-state index in [1.54, 1.807) is 14.0 Å². The number of nitrogens with zero attached hydrogens (tertiary/aromatic N) is 2. The Bertz CT molecular complexity index is 432. The number of aromatic nitrogens is 2. The second kappa shape index (κ2) is 2.52. The molecule has 2 rings (SSSR count). The van der Waals surface area contributed by atoms with Crippen LogP contribution in [0.25, 0.3) is 10.9 Å². The van der Waals surface area contributed by atoms with Gasteiger partial charge < -0.3 is 0 Å². The van der Waals surface area contributed by atoms with Crippen LogP contribution >= 0.6 is 0 Å². The van der Waals surface area contributed by atoms with Crippen LogP contribution in [0.4, 0.5) is 8.78 Å². The van der Waals surface area contributed by atoms with Crippen LogP contribution in [0, 0.1) is 18.6 Å². The Hall–Kier alpha value is -1.45. The number of fused-ring (bicyclic) bond motifs is 1. The summed E-state index contributed by atoms with van der Waals surface area (Å²) in [5.41, 5.74) is 1.31. The summed E-state index contributed by atoms with van der Waals surface area (Å²) in [6.45, 7) is 1.76. The SMILES string of the molecule is Cc1nn(C)c2cc(F)c(F)cc12. The molecule has 0 unspecified atom stereocenters. The van der Waals surface area contributed by atoms with Gasteiger partial charge in [-0.3, -0.25) is 4.68 Å². The van der Waals surface area contributed by atoms with E-state index in [1.165, 1.54) is 10.7 Å². The monoisotopic (exact) mass is 182 g/mol. The van der Waals surface area contributed by atoms with Crippen molar-refractivity contribution >= 4 is 10.9 Å². The first-order valence-electron chi connectivity index (χ1n) is 3.88. The van der Waals surface area contributed by atoms with Gasteiger partial charge in [0.2, 0.25) is 0 Å². The van der Waals surface area contributed by atoms with Crippen LogP contribution in [-0.4, -0.2) is 9.78 Å². The summed E-state index contributed by atoms with van der Waals surface area (Å²) in [7, 11) is 1.70. The second-order valence-corrected chi connectivity index (χ2v) is 2.99. The summed E-state index contributed by atoms with van der Waals surface area (Å²) in [6.07, 6.45) is 0. The third kappa shape index (κ3) is 1.09. The minimum Gasteiger partial charge on any atom is -0.268 e. The lowest BCUT2D eigenvalue weighted by Gasteiger charge is -1.95. The van der Waals surface area contributed by atoms with Gasteiger partial charge in [0.25, 0.3) is 0 Å². The molecule has 0 aliphatic carbocycles. The van der Waals surface area contributed by atoms with Crippen molar-refractivity contribution in [2.45, 2.75) is 6.92 Å². The minimum atomic E-state index is -0.838. The molecular formula is C9H8F2N2. The van der Waals surface area contributed by atoms with Crippen LogP contribution in [0.1, 0.15) is 5.69 Å². The fourth-order valence-corrected chi connectivity index (χ4v) is 1.43. The molecule has 1 aromatic heterocycles. The summed E-state index contributed by atoms with van der Waals surface area (Å²) >= 11 is 0. The van der Waals surface area contributed by atoms with Crippen molar-refractivity contribution < 1.29 is 8.78 Å². The van der Waals surface area contributed by atoms with Gasteiger partial charge in [-0.2, -0.15) is 5.10 Å². The number of halogens is 2. The molecule has 0 saturated carbocycles. The molecule has 0 amide bonds. The maximum absolute atomic E-state index is 12.8. The van der Waals surface area contributed by atoms with Crippen molar-refractivity contribution in [3.05, 3.63) is 29.5 Å². The fraction of sp³-hybridized carbons (Fsp3) is 0.222. The molecule has 1 aromatic carbocycles. The number of hydrogen-bond donors (Lipinski definition) is 0. The van der Waals surface area contributed by atoms with Crippen molar-refractivity contribution in [2.75, 3.05) is 0 Å². The van der Waals surface area contributed by atoms with E-state index in [0.29, 0.717) is 16.6 Å². The lowest BCUT2D eigenvalue weighted by Crippen LogP contribution is -1.90. The third-order valence-electron chi connectivity index (χ3n) is 2.08. The topological polar surface area (TPSA) is 17.8 Å². The van der Waals surface area contributed by atoms with Crippen molar-refractivity contribution in [3.63, 3.8) is 0 Å². The average molecular weight is 182 g/mol. The highest BCUT2D eigenvalue weighted by molar-refractivity contribution is 5.81. The summed E-state index contributed by atoms with van der Waals surface area (Å²) < 4.78 is 27.2. The molecule has 0 N–H and O–H groups in total. The molecule has 0 aliphatic rings. The van der Waals surface area contributed by atoms with E-state index in [4.69, 9.17) is 0 Å². The van der Waals surface area contributed by atoms with Gasteiger partial charge >= 0.3 is 0 Å². The Morgan fingerprint density at radius 1 is 1.23 bits per heavy atom. The molecule has 0 spiro atoms. The largest absolute Gasteiger partial charge is 0.268 e. The number of aryl methyl sites for hydroxylation is 2. The van der Waals surface area contributed by atoms with Crippen LogP contribution in [0.15, 0.2) is 12.1 Å². The smallest absolute Gasteiger partial charge is 0.161 e. The van der Waals surface area contributed by atoms with Crippen LogP contribution in [0.3, 0.4) is 0 Å². The summed E-state index contributed by atoms with van der Waals surface area (Å²) in [6, 6.07) is 2.33. The predicted molar refractivity (Wildman–Crippen MR) is 45.4 cm³/mol. The molecule has 4 heteroatoms. The molecule has 1 heterocycles. The Morgan fingerprint density at radius 2 is 1.85 bits per heavy atom. The molecule has 0 radical (unpaired) electrons. The van der Waals surface area contributed by atoms with Crippen LogP contribution < -0.4 is 0 Å². The molecule has 2 nitrogen and oxygen atoms in total. The van der Waals surface area contributed by atoms with E-state index >= 15 is 0 Å². The van der Waals surface area contributed by atoms with Gasteiger partial charge in [-0.05, 0) is 13.0 Å². The first-order valence-corrected chi connectivity index (χ1v) is 3.88. The van der Waals surface area contributed by atoms with Crippen LogP contribution in [-0.2, 0) is 7.05 Å². The van der Waals surface area contributed by atoms with Gasteiger partial charge in [0.1, 0.15) is 0 Å². The average Bonchev–Trinajstić information content (AvgIpc) is 2.31. The molecule has 2 aromatic rings. The van der Waals surface area contributed by atoms with Gasteiger partial charge in [0.05, 0.1) is 11.2 Å². The molecule has 0 atom stereocenters. The first-order chi connectivity index (χ1) is 6.09. The molecular weight excluding hydrogens is 174 g/mol. The summed E-state index contributed by atoms with van der Waals surface area (Å²) in [4.78, 5) is 0. The van der Waals surface area contributed by atoms with Gasteiger partial charge in [-0.25, -0.2) is 8.78 Å².